The molecule has 0 aromatic rings. The predicted molar refractivity (Wildman–Crippen MR) is 81.2 cm³/mol. The van der Waals surface area contributed by atoms with Gasteiger partial charge in [-0.15, -0.1) is 0 Å². The Kier molecular flexibility index (Phi) is 3.04. The van der Waals surface area contributed by atoms with Crippen LogP contribution < -0.4 is 0 Å². The largest absolute Gasteiger partial charge is 0.298 e. The minimum absolute atomic E-state index is 0.185. The number of halogens is 2. The molecule has 0 aromatic carbocycles. The van der Waals surface area contributed by atoms with Crippen molar-refractivity contribution < 1.29 is 13.6 Å². The quantitative estimate of drug-likeness (QED) is 0.716. The number of hydrogen-bond acceptors (Lipinski definition) is 1. The van der Waals surface area contributed by atoms with E-state index >= 15 is 0 Å². The van der Waals surface area contributed by atoms with Gasteiger partial charge in [0.05, 0.1) is 10.8 Å². The van der Waals surface area contributed by atoms with Crippen molar-refractivity contribution in [3.63, 3.8) is 0 Å². The summed E-state index contributed by atoms with van der Waals surface area (Å²) in [5, 5.41) is 0. The number of rotatable bonds is 4. The second-order valence-corrected chi connectivity index (χ2v) is 7.21. The topological polar surface area (TPSA) is 17.1 Å². The minimum Gasteiger partial charge on any atom is -0.298 e. The maximum absolute atomic E-state index is 13.6. The first-order valence-corrected chi connectivity index (χ1v) is 8.21. The highest BCUT2D eigenvalue weighted by Crippen LogP contribution is 2.60. The molecule has 0 aromatic heterocycles. The Morgan fingerprint density at radius 2 is 1.27 bits per heavy atom. The molecule has 2 fully saturated rings. The van der Waals surface area contributed by atoms with Gasteiger partial charge in [-0.05, 0) is 74.7 Å². The van der Waals surface area contributed by atoms with E-state index in [1.165, 1.54) is 12.2 Å². The number of hydrogen-bond donors (Lipinski definition) is 0. The van der Waals surface area contributed by atoms with E-state index in [0.717, 1.165) is 25.7 Å². The van der Waals surface area contributed by atoms with E-state index in [9.17, 15) is 13.6 Å². The molecule has 2 saturated carbocycles. The molecule has 0 bridgehead atoms. The van der Waals surface area contributed by atoms with Crippen LogP contribution in [0.3, 0.4) is 0 Å². The molecule has 0 heterocycles. The summed E-state index contributed by atoms with van der Waals surface area (Å²) in [6.07, 6.45) is 14.6. The van der Waals surface area contributed by atoms with Crippen molar-refractivity contribution in [3.8, 4) is 0 Å². The lowest BCUT2D eigenvalue weighted by Gasteiger charge is -2.41. The van der Waals surface area contributed by atoms with E-state index in [1.54, 1.807) is 24.3 Å². The van der Waals surface area contributed by atoms with Crippen molar-refractivity contribution in [2.45, 2.75) is 38.5 Å². The zero-order valence-corrected chi connectivity index (χ0v) is 12.5. The summed E-state index contributed by atoms with van der Waals surface area (Å²) in [6.45, 7) is 0. The van der Waals surface area contributed by atoms with E-state index in [0.29, 0.717) is 24.7 Å². The minimum atomic E-state index is -0.579. The molecular weight excluding hydrogens is 282 g/mol. The molecule has 0 amide bonds. The third-order valence-corrected chi connectivity index (χ3v) is 5.81. The van der Waals surface area contributed by atoms with Crippen LogP contribution in [0.2, 0.25) is 0 Å². The van der Waals surface area contributed by atoms with Crippen LogP contribution in [0.4, 0.5) is 8.78 Å². The van der Waals surface area contributed by atoms with Crippen LogP contribution in [0, 0.1) is 22.7 Å². The number of allylic oxidation sites excluding steroid dienone is 8. The van der Waals surface area contributed by atoms with Gasteiger partial charge in [0.1, 0.15) is 11.7 Å². The molecule has 2 unspecified atom stereocenters. The molecule has 0 radical (unpaired) electrons. The number of ketones is 1. The fourth-order valence-electron chi connectivity index (χ4n) is 4.20. The number of carbonyl (C=O) groups is 1. The molecule has 22 heavy (non-hydrogen) atoms. The molecule has 4 aliphatic carbocycles. The Morgan fingerprint density at radius 3 is 1.55 bits per heavy atom. The van der Waals surface area contributed by atoms with Gasteiger partial charge in [-0.2, -0.15) is 0 Å². The average molecular weight is 302 g/mol. The molecule has 0 spiro atoms. The Bertz CT molecular complexity index is 580. The third-order valence-electron chi connectivity index (χ3n) is 5.81. The van der Waals surface area contributed by atoms with Crippen molar-refractivity contribution in [2.24, 2.45) is 22.7 Å². The predicted octanol–water partition coefficient (Wildman–Crippen LogP) is 4.97. The SMILES string of the molecule is O=C(C1(C2CC2)C=CC(F)=CC1)C1(C2CC2)C=CC(F)=CC1. The van der Waals surface area contributed by atoms with E-state index in [4.69, 9.17) is 0 Å². The van der Waals surface area contributed by atoms with Crippen molar-refractivity contribution >= 4 is 5.78 Å². The first-order chi connectivity index (χ1) is 10.6. The highest BCUT2D eigenvalue weighted by molar-refractivity contribution is 5.95. The van der Waals surface area contributed by atoms with E-state index in [1.807, 2.05) is 0 Å². The maximum atomic E-state index is 13.6. The van der Waals surface area contributed by atoms with Gasteiger partial charge in [0.2, 0.25) is 0 Å². The Labute approximate surface area is 129 Å². The summed E-state index contributed by atoms with van der Waals surface area (Å²) in [5.74, 6) is 0.315. The van der Waals surface area contributed by atoms with Gasteiger partial charge in [0, 0.05) is 0 Å². The van der Waals surface area contributed by atoms with Gasteiger partial charge in [-0.1, -0.05) is 12.2 Å². The summed E-state index contributed by atoms with van der Waals surface area (Å²) in [6, 6.07) is 0. The summed E-state index contributed by atoms with van der Waals surface area (Å²) in [5.41, 5.74) is -1.16. The van der Waals surface area contributed by atoms with Crippen molar-refractivity contribution in [1.82, 2.24) is 0 Å². The molecule has 3 heteroatoms. The zero-order chi connectivity index (χ0) is 15.4. The van der Waals surface area contributed by atoms with Gasteiger partial charge in [0.25, 0.3) is 0 Å². The van der Waals surface area contributed by atoms with Crippen LogP contribution in [0.1, 0.15) is 38.5 Å². The second-order valence-electron chi connectivity index (χ2n) is 7.21. The van der Waals surface area contributed by atoms with Crippen LogP contribution in [0.15, 0.2) is 48.1 Å². The van der Waals surface area contributed by atoms with Gasteiger partial charge >= 0.3 is 0 Å². The van der Waals surface area contributed by atoms with Gasteiger partial charge in [-0.3, -0.25) is 4.79 Å². The van der Waals surface area contributed by atoms with Crippen LogP contribution in [-0.2, 0) is 4.79 Å². The Hall–Kier alpha value is -1.51. The standard InChI is InChI=1S/C19H20F2O/c20-15-5-9-18(10-6-15,13-1-2-13)17(22)19(14-3-4-14)11-7-16(21)8-12-19/h5-9,11,13-14H,1-4,10,12H2. The fourth-order valence-corrected chi connectivity index (χ4v) is 4.20. The molecule has 1 nitrogen and oxygen atoms in total. The van der Waals surface area contributed by atoms with Gasteiger partial charge < -0.3 is 0 Å². The summed E-state index contributed by atoms with van der Waals surface area (Å²) in [4.78, 5) is 13.6. The molecule has 0 N–H and O–H groups in total. The normalized spacial score (nSPS) is 37.7. The van der Waals surface area contributed by atoms with Crippen molar-refractivity contribution in [1.29, 1.82) is 0 Å². The molecular formula is C19H20F2O. The lowest BCUT2D eigenvalue weighted by molar-refractivity contribution is -0.136. The molecule has 4 aliphatic rings. The smallest absolute Gasteiger partial charge is 0.153 e. The lowest BCUT2D eigenvalue weighted by Crippen LogP contribution is -2.45. The van der Waals surface area contributed by atoms with Crippen LogP contribution in [-0.4, -0.2) is 5.78 Å². The first kappa shape index (κ1) is 14.1. The molecule has 116 valence electrons. The summed E-state index contributed by atoms with van der Waals surface area (Å²) < 4.78 is 26.8. The summed E-state index contributed by atoms with van der Waals surface area (Å²) in [7, 11) is 0. The van der Waals surface area contributed by atoms with E-state index in [2.05, 4.69) is 0 Å². The second kappa shape index (κ2) is 4.74. The first-order valence-electron chi connectivity index (χ1n) is 8.21. The lowest BCUT2D eigenvalue weighted by atomic mass is 9.60. The van der Waals surface area contributed by atoms with E-state index < -0.39 is 10.8 Å². The molecule has 2 atom stereocenters. The Balaban J connectivity index is 1.72. The van der Waals surface area contributed by atoms with Crippen LogP contribution >= 0.6 is 0 Å². The van der Waals surface area contributed by atoms with Crippen molar-refractivity contribution in [3.05, 3.63) is 48.1 Å². The Morgan fingerprint density at radius 1 is 0.864 bits per heavy atom. The fraction of sp³-hybridized carbons (Fsp3) is 0.526. The van der Waals surface area contributed by atoms with Gasteiger partial charge in [0.15, 0.2) is 5.78 Å². The number of carbonyl (C=O) groups excluding carboxylic acids is 1. The van der Waals surface area contributed by atoms with Crippen molar-refractivity contribution in [2.75, 3.05) is 0 Å². The summed E-state index contributed by atoms with van der Waals surface area (Å²) >= 11 is 0. The molecule has 0 saturated heterocycles. The molecule has 4 rings (SSSR count). The monoisotopic (exact) mass is 302 g/mol. The zero-order valence-electron chi connectivity index (χ0n) is 12.5. The highest BCUT2D eigenvalue weighted by atomic mass is 19.1. The molecule has 0 aliphatic heterocycles. The van der Waals surface area contributed by atoms with Gasteiger partial charge in [-0.25, -0.2) is 8.78 Å². The number of Topliss-reactive ketones (excluding diaryl/α,β-unsaturated/α-hetero) is 1. The van der Waals surface area contributed by atoms with E-state index in [-0.39, 0.29) is 17.4 Å². The van der Waals surface area contributed by atoms with Crippen LogP contribution in [0.5, 0.6) is 0 Å². The average Bonchev–Trinajstić information content (AvgIpc) is 3.40. The van der Waals surface area contributed by atoms with Crippen LogP contribution in [0.25, 0.3) is 0 Å². The highest BCUT2D eigenvalue weighted by Gasteiger charge is 2.59. The maximum Gasteiger partial charge on any atom is 0.153 e. The third kappa shape index (κ3) is 2.05.